The van der Waals surface area contributed by atoms with Crippen LogP contribution in [0.4, 0.5) is 0 Å². The lowest BCUT2D eigenvalue weighted by Crippen LogP contribution is -1.98. The van der Waals surface area contributed by atoms with E-state index in [9.17, 15) is 0 Å². The molecule has 0 radical (unpaired) electrons. The molecular formula is C22H18N6. The second-order valence-corrected chi connectivity index (χ2v) is 6.68. The van der Waals surface area contributed by atoms with Crippen molar-refractivity contribution in [2.45, 2.75) is 13.3 Å². The molecule has 0 aliphatic rings. The standard InChI is InChI=1S/C22H18N6/c1-15-25-21(27-26-15)14-16-6-8-17(9-7-16)28-13-12-24-22(28)19-10-11-23-20-5-3-2-4-18(19)20/h2-13H,14H2,1H3,(H,25,26,27). The Hall–Kier alpha value is -3.80. The molecule has 0 spiro atoms. The molecule has 6 nitrogen and oxygen atoms in total. The molecule has 6 heteroatoms. The Morgan fingerprint density at radius 3 is 2.61 bits per heavy atom. The van der Waals surface area contributed by atoms with Crippen LogP contribution < -0.4 is 0 Å². The van der Waals surface area contributed by atoms with Crippen LogP contribution in [-0.2, 0) is 6.42 Å². The van der Waals surface area contributed by atoms with Crippen LogP contribution in [0.3, 0.4) is 0 Å². The Kier molecular flexibility index (Phi) is 3.94. The van der Waals surface area contributed by atoms with E-state index in [2.05, 4.69) is 60.0 Å². The third-order valence-corrected chi connectivity index (χ3v) is 4.75. The van der Waals surface area contributed by atoms with Crippen LogP contribution in [0.25, 0.3) is 28.0 Å². The van der Waals surface area contributed by atoms with Crippen LogP contribution in [0.15, 0.2) is 73.2 Å². The topological polar surface area (TPSA) is 72.3 Å². The van der Waals surface area contributed by atoms with Gasteiger partial charge in [-0.3, -0.25) is 14.6 Å². The van der Waals surface area contributed by atoms with E-state index in [0.29, 0.717) is 6.42 Å². The Morgan fingerprint density at radius 2 is 1.79 bits per heavy atom. The largest absolute Gasteiger partial charge is 0.300 e. The van der Waals surface area contributed by atoms with Crippen molar-refractivity contribution in [1.82, 2.24) is 29.7 Å². The van der Waals surface area contributed by atoms with Gasteiger partial charge in [-0.15, -0.1) is 0 Å². The second kappa shape index (κ2) is 6.74. The van der Waals surface area contributed by atoms with Crippen molar-refractivity contribution >= 4 is 10.9 Å². The number of nitrogens with zero attached hydrogens (tertiary/aromatic N) is 5. The molecule has 2 aromatic carbocycles. The minimum absolute atomic E-state index is 0.705. The fraction of sp³-hybridized carbons (Fsp3) is 0.0909. The maximum atomic E-state index is 4.62. The summed E-state index contributed by atoms with van der Waals surface area (Å²) < 4.78 is 2.10. The SMILES string of the molecule is Cc1nc(Cc2ccc(-n3ccnc3-c3ccnc4ccccc34)cc2)n[nH]1. The third kappa shape index (κ3) is 2.95. The van der Waals surface area contributed by atoms with Gasteiger partial charge in [0.05, 0.1) is 5.52 Å². The molecule has 0 amide bonds. The maximum absolute atomic E-state index is 4.62. The molecule has 136 valence electrons. The lowest BCUT2D eigenvalue weighted by molar-refractivity contribution is 0.967. The van der Waals surface area contributed by atoms with Gasteiger partial charge in [-0.05, 0) is 36.8 Å². The van der Waals surface area contributed by atoms with Gasteiger partial charge in [0.2, 0.25) is 0 Å². The number of aromatic nitrogens is 6. The quantitative estimate of drug-likeness (QED) is 0.520. The minimum atomic E-state index is 0.705. The van der Waals surface area contributed by atoms with Crippen LogP contribution in [-0.4, -0.2) is 29.7 Å². The van der Waals surface area contributed by atoms with Gasteiger partial charge in [-0.1, -0.05) is 30.3 Å². The van der Waals surface area contributed by atoms with Crippen molar-refractivity contribution in [3.8, 4) is 17.1 Å². The monoisotopic (exact) mass is 366 g/mol. The Bertz CT molecular complexity index is 1240. The van der Waals surface area contributed by atoms with Crippen molar-refractivity contribution in [3.63, 3.8) is 0 Å². The average molecular weight is 366 g/mol. The van der Waals surface area contributed by atoms with Crippen LogP contribution in [0, 0.1) is 6.92 Å². The summed E-state index contributed by atoms with van der Waals surface area (Å²) in [6.45, 7) is 1.91. The van der Waals surface area contributed by atoms with Gasteiger partial charge in [0.1, 0.15) is 11.6 Å². The number of benzene rings is 2. The smallest absolute Gasteiger partial charge is 0.155 e. The first-order chi connectivity index (χ1) is 13.8. The zero-order valence-corrected chi connectivity index (χ0v) is 15.4. The Labute approximate surface area is 161 Å². The molecule has 28 heavy (non-hydrogen) atoms. The molecule has 0 aliphatic heterocycles. The summed E-state index contributed by atoms with van der Waals surface area (Å²) in [5.74, 6) is 2.53. The fourth-order valence-electron chi connectivity index (χ4n) is 3.43. The number of hydrogen-bond donors (Lipinski definition) is 1. The van der Waals surface area contributed by atoms with Crippen LogP contribution >= 0.6 is 0 Å². The fourth-order valence-corrected chi connectivity index (χ4v) is 3.43. The number of imidazole rings is 1. The lowest BCUT2D eigenvalue weighted by Gasteiger charge is -2.10. The molecule has 1 N–H and O–H groups in total. The molecule has 0 atom stereocenters. The predicted molar refractivity (Wildman–Crippen MR) is 108 cm³/mol. The van der Waals surface area contributed by atoms with Crippen molar-refractivity contribution in [3.05, 3.63) is 90.4 Å². The average Bonchev–Trinajstić information content (AvgIpc) is 3.37. The van der Waals surface area contributed by atoms with Crippen molar-refractivity contribution in [1.29, 1.82) is 0 Å². The van der Waals surface area contributed by atoms with E-state index in [1.165, 1.54) is 5.56 Å². The van der Waals surface area contributed by atoms with Gasteiger partial charge >= 0.3 is 0 Å². The summed E-state index contributed by atoms with van der Waals surface area (Å²) >= 11 is 0. The molecule has 5 aromatic rings. The van der Waals surface area contributed by atoms with Gasteiger partial charge in [-0.2, -0.15) is 5.10 Å². The zero-order chi connectivity index (χ0) is 18.9. The number of para-hydroxylation sites is 1. The molecule has 0 aliphatic carbocycles. The molecule has 3 aromatic heterocycles. The molecule has 0 saturated carbocycles. The van der Waals surface area contributed by atoms with E-state index in [-0.39, 0.29) is 0 Å². The molecule has 0 bridgehead atoms. The number of fused-ring (bicyclic) bond motifs is 1. The van der Waals surface area contributed by atoms with E-state index in [1.807, 2.05) is 49.8 Å². The maximum Gasteiger partial charge on any atom is 0.155 e. The highest BCUT2D eigenvalue weighted by atomic mass is 15.2. The summed E-state index contributed by atoms with van der Waals surface area (Å²) in [4.78, 5) is 13.4. The Morgan fingerprint density at radius 1 is 0.929 bits per heavy atom. The molecule has 0 fully saturated rings. The van der Waals surface area contributed by atoms with Crippen molar-refractivity contribution < 1.29 is 0 Å². The molecule has 5 rings (SSSR count). The first kappa shape index (κ1) is 16.4. The number of nitrogens with one attached hydrogen (secondary N) is 1. The van der Waals surface area contributed by atoms with E-state index in [1.54, 1.807) is 0 Å². The zero-order valence-electron chi connectivity index (χ0n) is 15.4. The van der Waals surface area contributed by atoms with Crippen LogP contribution in [0.5, 0.6) is 0 Å². The second-order valence-electron chi connectivity index (χ2n) is 6.68. The summed E-state index contributed by atoms with van der Waals surface area (Å²) in [6.07, 6.45) is 6.35. The molecule has 3 heterocycles. The Balaban J connectivity index is 1.50. The molecule has 0 saturated heterocycles. The van der Waals surface area contributed by atoms with E-state index in [4.69, 9.17) is 0 Å². The van der Waals surface area contributed by atoms with Gasteiger partial charge < -0.3 is 0 Å². The summed E-state index contributed by atoms with van der Waals surface area (Å²) in [5.41, 5.74) is 4.25. The predicted octanol–water partition coefficient (Wildman–Crippen LogP) is 4.10. The number of pyridine rings is 1. The first-order valence-corrected chi connectivity index (χ1v) is 9.12. The number of rotatable bonds is 4. The molecular weight excluding hydrogens is 348 g/mol. The lowest BCUT2D eigenvalue weighted by atomic mass is 10.1. The highest BCUT2D eigenvalue weighted by Crippen LogP contribution is 2.28. The van der Waals surface area contributed by atoms with Crippen molar-refractivity contribution in [2.75, 3.05) is 0 Å². The van der Waals surface area contributed by atoms with Crippen LogP contribution in [0.2, 0.25) is 0 Å². The van der Waals surface area contributed by atoms with Gasteiger partial charge in [0.15, 0.2) is 5.82 Å². The summed E-state index contributed by atoms with van der Waals surface area (Å²) in [6, 6.07) is 18.6. The minimum Gasteiger partial charge on any atom is -0.300 e. The highest BCUT2D eigenvalue weighted by Gasteiger charge is 2.11. The number of aromatic amines is 1. The molecule has 0 unspecified atom stereocenters. The number of aryl methyl sites for hydroxylation is 1. The van der Waals surface area contributed by atoms with E-state index < -0.39 is 0 Å². The van der Waals surface area contributed by atoms with Gasteiger partial charge in [-0.25, -0.2) is 9.97 Å². The normalized spacial score (nSPS) is 11.2. The van der Waals surface area contributed by atoms with E-state index >= 15 is 0 Å². The van der Waals surface area contributed by atoms with Crippen LogP contribution in [0.1, 0.15) is 17.2 Å². The number of H-pyrrole nitrogens is 1. The van der Waals surface area contributed by atoms with Crippen molar-refractivity contribution in [2.24, 2.45) is 0 Å². The van der Waals surface area contributed by atoms with E-state index in [0.717, 1.165) is 39.6 Å². The summed E-state index contributed by atoms with van der Waals surface area (Å²) in [7, 11) is 0. The van der Waals surface area contributed by atoms with Gasteiger partial charge in [0.25, 0.3) is 0 Å². The number of hydrogen-bond acceptors (Lipinski definition) is 4. The summed E-state index contributed by atoms with van der Waals surface area (Å²) in [5, 5.41) is 8.18. The highest BCUT2D eigenvalue weighted by molar-refractivity contribution is 5.92. The third-order valence-electron chi connectivity index (χ3n) is 4.75. The van der Waals surface area contributed by atoms with Gasteiger partial charge in [0, 0.05) is 41.6 Å². The first-order valence-electron chi connectivity index (χ1n) is 9.12.